The molecule has 0 aliphatic heterocycles. The molecule has 9 nitrogen and oxygen atoms in total. The highest BCUT2D eigenvalue weighted by molar-refractivity contribution is 7.92. The molecule has 2 heterocycles. The molecule has 2 aromatic rings. The molecule has 0 saturated heterocycles. The van der Waals surface area contributed by atoms with E-state index in [0.717, 1.165) is 11.9 Å². The zero-order chi connectivity index (χ0) is 14.2. The summed E-state index contributed by atoms with van der Waals surface area (Å²) in [6, 6.07) is 1.52. The second-order valence-corrected chi connectivity index (χ2v) is 5.44. The number of aryl methyl sites for hydroxylation is 2. The first-order chi connectivity index (χ1) is 8.81. The number of carboxylic acids is 1. The van der Waals surface area contributed by atoms with E-state index in [4.69, 9.17) is 5.11 Å². The molecule has 19 heavy (non-hydrogen) atoms. The summed E-state index contributed by atoms with van der Waals surface area (Å²) < 4.78 is 27.7. The van der Waals surface area contributed by atoms with Crippen molar-refractivity contribution in [2.75, 3.05) is 4.72 Å². The molecule has 0 bridgehead atoms. The number of hydrogen-bond donors (Lipinski definition) is 3. The Morgan fingerprint density at radius 3 is 2.74 bits per heavy atom. The maximum Gasteiger partial charge on any atom is 0.340 e. The molecule has 3 N–H and O–H groups in total. The summed E-state index contributed by atoms with van der Waals surface area (Å²) in [6.45, 7) is 1.75. The number of carbonyl (C=O) groups is 1. The Morgan fingerprint density at radius 1 is 1.53 bits per heavy atom. The summed E-state index contributed by atoms with van der Waals surface area (Å²) >= 11 is 0. The smallest absolute Gasteiger partial charge is 0.340 e. The largest absolute Gasteiger partial charge is 0.478 e. The number of H-pyrrole nitrogens is 1. The molecule has 0 aliphatic rings. The van der Waals surface area contributed by atoms with Crippen molar-refractivity contribution in [1.82, 2.24) is 20.0 Å². The van der Waals surface area contributed by atoms with Gasteiger partial charge in [0.25, 0.3) is 10.0 Å². The molecule has 0 aliphatic carbocycles. The lowest BCUT2D eigenvalue weighted by Crippen LogP contribution is -2.17. The summed E-state index contributed by atoms with van der Waals surface area (Å²) in [7, 11) is -2.42. The Labute approximate surface area is 108 Å². The van der Waals surface area contributed by atoms with Crippen molar-refractivity contribution in [1.29, 1.82) is 0 Å². The SMILES string of the molecule is Cc1cc(NS(=O)(=O)c2[nH]ncc2C(=O)O)nn1C. The minimum Gasteiger partial charge on any atom is -0.478 e. The molecule has 2 rings (SSSR count). The van der Waals surface area contributed by atoms with Gasteiger partial charge < -0.3 is 5.11 Å². The second kappa shape index (κ2) is 4.39. The van der Waals surface area contributed by atoms with Crippen LogP contribution in [0.5, 0.6) is 0 Å². The molecule has 0 aromatic carbocycles. The monoisotopic (exact) mass is 285 g/mol. The van der Waals surface area contributed by atoms with Gasteiger partial charge in [-0.2, -0.15) is 18.6 Å². The van der Waals surface area contributed by atoms with Crippen LogP contribution in [0, 0.1) is 6.92 Å². The van der Waals surface area contributed by atoms with Gasteiger partial charge in [0, 0.05) is 18.8 Å². The number of hydrogen-bond acceptors (Lipinski definition) is 5. The average Bonchev–Trinajstić information content (AvgIpc) is 2.86. The van der Waals surface area contributed by atoms with Crippen molar-refractivity contribution in [2.24, 2.45) is 7.05 Å². The minimum atomic E-state index is -4.07. The molecule has 0 amide bonds. The van der Waals surface area contributed by atoms with Crippen LogP contribution in [0.4, 0.5) is 5.82 Å². The summed E-state index contributed by atoms with van der Waals surface area (Å²) in [5.41, 5.74) is 0.320. The zero-order valence-electron chi connectivity index (χ0n) is 10.1. The number of carboxylic acid groups (broad SMARTS) is 1. The predicted molar refractivity (Wildman–Crippen MR) is 64.3 cm³/mol. The van der Waals surface area contributed by atoms with E-state index in [0.29, 0.717) is 0 Å². The topological polar surface area (TPSA) is 130 Å². The van der Waals surface area contributed by atoms with Gasteiger partial charge in [0.05, 0.1) is 6.20 Å². The third-order valence-corrected chi connectivity index (χ3v) is 3.78. The number of aromatic nitrogens is 4. The van der Waals surface area contributed by atoms with E-state index in [9.17, 15) is 13.2 Å². The van der Waals surface area contributed by atoms with E-state index in [1.54, 1.807) is 14.0 Å². The van der Waals surface area contributed by atoms with E-state index in [1.807, 2.05) is 0 Å². The normalized spacial score (nSPS) is 11.5. The molecule has 0 atom stereocenters. The van der Waals surface area contributed by atoms with E-state index in [1.165, 1.54) is 10.7 Å². The fraction of sp³-hybridized carbons (Fsp3) is 0.222. The number of nitrogens with one attached hydrogen (secondary N) is 2. The number of anilines is 1. The lowest BCUT2D eigenvalue weighted by molar-refractivity contribution is 0.0692. The average molecular weight is 285 g/mol. The fourth-order valence-electron chi connectivity index (χ4n) is 1.43. The van der Waals surface area contributed by atoms with E-state index < -0.39 is 26.6 Å². The Morgan fingerprint density at radius 2 is 2.21 bits per heavy atom. The summed E-state index contributed by atoms with van der Waals surface area (Å²) in [4.78, 5) is 10.9. The van der Waals surface area contributed by atoms with Crippen LogP contribution in [0.15, 0.2) is 17.3 Å². The number of sulfonamides is 1. The van der Waals surface area contributed by atoms with Gasteiger partial charge in [0.15, 0.2) is 10.8 Å². The van der Waals surface area contributed by atoms with Crippen molar-refractivity contribution in [3.63, 3.8) is 0 Å². The quantitative estimate of drug-likeness (QED) is 0.722. The van der Waals surface area contributed by atoms with Crippen LogP contribution in [0.2, 0.25) is 0 Å². The van der Waals surface area contributed by atoms with Crippen LogP contribution >= 0.6 is 0 Å². The highest BCUT2D eigenvalue weighted by atomic mass is 32.2. The van der Waals surface area contributed by atoms with E-state index >= 15 is 0 Å². The molecule has 2 aromatic heterocycles. The van der Waals surface area contributed by atoms with Gasteiger partial charge in [0.1, 0.15) is 5.56 Å². The third-order valence-electron chi connectivity index (χ3n) is 2.46. The standard InChI is InChI=1S/C9H11N5O4S/c1-5-3-7(12-14(5)2)13-19(17,18)8-6(9(15)16)4-10-11-8/h3-4H,1-2H3,(H,10,11)(H,12,13)(H,15,16). The fourth-order valence-corrected chi connectivity index (χ4v) is 2.51. The Kier molecular flexibility index (Phi) is 3.02. The van der Waals surface area contributed by atoms with Crippen molar-refractivity contribution >= 4 is 21.8 Å². The lowest BCUT2D eigenvalue weighted by Gasteiger charge is -2.03. The maximum absolute atomic E-state index is 12.0. The highest BCUT2D eigenvalue weighted by Crippen LogP contribution is 2.17. The maximum atomic E-state index is 12.0. The van der Waals surface area contributed by atoms with Gasteiger partial charge in [0.2, 0.25) is 0 Å². The van der Waals surface area contributed by atoms with Gasteiger partial charge in [-0.3, -0.25) is 14.5 Å². The Balaban J connectivity index is 2.38. The van der Waals surface area contributed by atoms with E-state index in [2.05, 4.69) is 20.0 Å². The number of rotatable bonds is 4. The first-order valence-electron chi connectivity index (χ1n) is 5.11. The molecule has 0 unspecified atom stereocenters. The highest BCUT2D eigenvalue weighted by Gasteiger charge is 2.25. The summed E-state index contributed by atoms with van der Waals surface area (Å²) in [5.74, 6) is -1.28. The lowest BCUT2D eigenvalue weighted by atomic mass is 10.4. The Bertz CT molecular complexity index is 710. The van der Waals surface area contributed by atoms with Gasteiger partial charge in [-0.1, -0.05) is 0 Å². The zero-order valence-corrected chi connectivity index (χ0v) is 10.9. The van der Waals surface area contributed by atoms with Gasteiger partial charge in [-0.25, -0.2) is 4.79 Å². The minimum absolute atomic E-state index is 0.103. The first-order valence-corrected chi connectivity index (χ1v) is 6.59. The van der Waals surface area contributed by atoms with Crippen molar-refractivity contribution in [3.8, 4) is 0 Å². The van der Waals surface area contributed by atoms with Gasteiger partial charge in [-0.05, 0) is 6.92 Å². The predicted octanol–water partition coefficient (Wildman–Crippen LogP) is -0.0494. The third kappa shape index (κ3) is 2.42. The molecule has 0 radical (unpaired) electrons. The van der Waals surface area contributed by atoms with Crippen LogP contribution in [0.3, 0.4) is 0 Å². The molecular weight excluding hydrogens is 274 g/mol. The molecule has 10 heteroatoms. The number of aromatic carboxylic acids is 1. The van der Waals surface area contributed by atoms with Crippen LogP contribution in [-0.4, -0.2) is 39.5 Å². The Hall–Kier alpha value is -2.36. The molecule has 0 saturated carbocycles. The van der Waals surface area contributed by atoms with Crippen molar-refractivity contribution < 1.29 is 18.3 Å². The second-order valence-electron chi connectivity index (χ2n) is 3.82. The van der Waals surface area contributed by atoms with Crippen LogP contribution in [-0.2, 0) is 17.1 Å². The van der Waals surface area contributed by atoms with Crippen molar-refractivity contribution in [3.05, 3.63) is 23.5 Å². The molecule has 0 fully saturated rings. The number of aromatic amines is 1. The van der Waals surface area contributed by atoms with Gasteiger partial charge in [-0.15, -0.1) is 0 Å². The summed E-state index contributed by atoms with van der Waals surface area (Å²) in [5, 5.41) is 17.9. The van der Waals surface area contributed by atoms with E-state index in [-0.39, 0.29) is 5.82 Å². The molecular formula is C9H11N5O4S. The first kappa shape index (κ1) is 13.1. The van der Waals surface area contributed by atoms with Crippen LogP contribution in [0.1, 0.15) is 16.1 Å². The summed E-state index contributed by atoms with van der Waals surface area (Å²) in [6.07, 6.45) is 0.931. The van der Waals surface area contributed by atoms with Gasteiger partial charge >= 0.3 is 5.97 Å². The van der Waals surface area contributed by atoms with Crippen molar-refractivity contribution in [2.45, 2.75) is 11.9 Å². The van der Waals surface area contributed by atoms with Crippen LogP contribution < -0.4 is 4.72 Å². The number of nitrogens with zero attached hydrogens (tertiary/aromatic N) is 3. The molecule has 102 valence electrons. The van der Waals surface area contributed by atoms with Crippen LogP contribution in [0.25, 0.3) is 0 Å². The molecule has 0 spiro atoms.